The summed E-state index contributed by atoms with van der Waals surface area (Å²) in [6.07, 6.45) is 5.86. The van der Waals surface area contributed by atoms with Crippen LogP contribution < -0.4 is 0 Å². The summed E-state index contributed by atoms with van der Waals surface area (Å²) in [5.41, 5.74) is 0.422. The summed E-state index contributed by atoms with van der Waals surface area (Å²) in [4.78, 5) is 4.40. The van der Waals surface area contributed by atoms with Gasteiger partial charge in [0.25, 0.3) is 0 Å². The molecule has 0 saturated heterocycles. The van der Waals surface area contributed by atoms with Gasteiger partial charge in [0.05, 0.1) is 0 Å². The van der Waals surface area contributed by atoms with Crippen molar-refractivity contribution >= 4 is 0 Å². The summed E-state index contributed by atoms with van der Waals surface area (Å²) in [5.74, 6) is 1.85. The van der Waals surface area contributed by atoms with Gasteiger partial charge in [-0.15, -0.1) is 10.2 Å². The Bertz CT molecular complexity index is 532. The van der Waals surface area contributed by atoms with E-state index in [4.69, 9.17) is 4.52 Å². The molecule has 7 heteroatoms. The van der Waals surface area contributed by atoms with Gasteiger partial charge >= 0.3 is 0 Å². The van der Waals surface area contributed by atoms with E-state index in [1.807, 2.05) is 0 Å². The normalized spacial score (nSPS) is 23.2. The summed E-state index contributed by atoms with van der Waals surface area (Å²) in [6, 6.07) is 0. The van der Waals surface area contributed by atoms with Crippen molar-refractivity contribution in [2.75, 3.05) is 0 Å². The van der Waals surface area contributed by atoms with E-state index in [0.717, 1.165) is 12.8 Å². The fourth-order valence-electron chi connectivity index (χ4n) is 2.66. The molecular weight excluding hydrogens is 244 g/mol. The standard InChI is InChI=1S/C12H18N6O/c1-12(2)6-3-4-8(5-7-12)11-13-9(16-19-11)10-14-17-18-15-10/h8H,3-7H2,1-2H3,(H,14,15,17,18). The second-order valence-electron chi connectivity index (χ2n) is 5.98. The van der Waals surface area contributed by atoms with Gasteiger partial charge in [0.2, 0.25) is 17.5 Å². The van der Waals surface area contributed by atoms with Gasteiger partial charge in [-0.3, -0.25) is 0 Å². The van der Waals surface area contributed by atoms with Crippen molar-refractivity contribution in [3.63, 3.8) is 0 Å². The maximum absolute atomic E-state index is 5.37. The molecule has 1 unspecified atom stereocenters. The number of H-pyrrole nitrogens is 1. The number of nitrogens with zero attached hydrogens (tertiary/aromatic N) is 5. The Labute approximate surface area is 111 Å². The summed E-state index contributed by atoms with van der Waals surface area (Å²) in [6.45, 7) is 4.65. The second kappa shape index (κ2) is 4.71. The average Bonchev–Trinajstić information content (AvgIpc) is 3.00. The largest absolute Gasteiger partial charge is 0.339 e. The van der Waals surface area contributed by atoms with Crippen LogP contribution in [0.1, 0.15) is 57.8 Å². The second-order valence-corrected chi connectivity index (χ2v) is 5.98. The highest BCUT2D eigenvalue weighted by atomic mass is 16.5. The highest BCUT2D eigenvalue weighted by molar-refractivity contribution is 5.38. The van der Waals surface area contributed by atoms with Gasteiger partial charge in [0, 0.05) is 5.92 Å². The van der Waals surface area contributed by atoms with E-state index >= 15 is 0 Å². The molecule has 102 valence electrons. The molecule has 19 heavy (non-hydrogen) atoms. The first-order valence-electron chi connectivity index (χ1n) is 6.71. The quantitative estimate of drug-likeness (QED) is 0.835. The molecule has 0 aromatic carbocycles. The number of aromatic nitrogens is 6. The van der Waals surface area contributed by atoms with Crippen molar-refractivity contribution in [1.82, 2.24) is 30.8 Å². The van der Waals surface area contributed by atoms with Crippen LogP contribution in [-0.2, 0) is 0 Å². The summed E-state index contributed by atoms with van der Waals surface area (Å²) in [7, 11) is 0. The first kappa shape index (κ1) is 12.3. The monoisotopic (exact) mass is 262 g/mol. The first-order valence-corrected chi connectivity index (χ1v) is 6.71. The zero-order valence-corrected chi connectivity index (χ0v) is 11.3. The molecule has 0 aliphatic heterocycles. The molecule has 1 N–H and O–H groups in total. The van der Waals surface area contributed by atoms with Crippen LogP contribution in [0.5, 0.6) is 0 Å². The average molecular weight is 262 g/mol. The molecular formula is C12H18N6O. The molecule has 1 fully saturated rings. The van der Waals surface area contributed by atoms with Gasteiger partial charge in [0.1, 0.15) is 0 Å². The Morgan fingerprint density at radius 2 is 2.11 bits per heavy atom. The molecule has 0 spiro atoms. The lowest BCUT2D eigenvalue weighted by Crippen LogP contribution is -2.08. The Hall–Kier alpha value is -1.79. The van der Waals surface area contributed by atoms with Crippen molar-refractivity contribution in [2.45, 2.75) is 51.9 Å². The summed E-state index contributed by atoms with van der Waals surface area (Å²) in [5, 5.41) is 17.5. The van der Waals surface area contributed by atoms with Crippen molar-refractivity contribution in [3.8, 4) is 11.6 Å². The van der Waals surface area contributed by atoms with Crippen molar-refractivity contribution in [1.29, 1.82) is 0 Å². The van der Waals surface area contributed by atoms with Gasteiger partial charge in [-0.1, -0.05) is 25.4 Å². The number of aromatic amines is 1. The Balaban J connectivity index is 1.76. The van der Waals surface area contributed by atoms with Crippen LogP contribution in [0.15, 0.2) is 4.52 Å². The van der Waals surface area contributed by atoms with Gasteiger partial charge in [-0.05, 0) is 36.3 Å². The van der Waals surface area contributed by atoms with Gasteiger partial charge < -0.3 is 4.52 Å². The maximum atomic E-state index is 5.37. The molecule has 1 aliphatic rings. The molecule has 1 saturated carbocycles. The maximum Gasteiger partial charge on any atom is 0.245 e. The molecule has 0 amide bonds. The number of hydrogen-bond acceptors (Lipinski definition) is 6. The summed E-state index contributed by atoms with van der Waals surface area (Å²) < 4.78 is 5.37. The Kier molecular flexibility index (Phi) is 3.04. The fourth-order valence-corrected chi connectivity index (χ4v) is 2.66. The van der Waals surface area contributed by atoms with E-state index in [2.05, 4.69) is 44.6 Å². The summed E-state index contributed by atoms with van der Waals surface area (Å²) >= 11 is 0. The molecule has 1 aliphatic carbocycles. The van der Waals surface area contributed by atoms with E-state index < -0.39 is 0 Å². The molecule has 0 radical (unpaired) electrons. The van der Waals surface area contributed by atoms with Gasteiger partial charge in [0.15, 0.2) is 0 Å². The minimum atomic E-state index is 0.356. The van der Waals surface area contributed by atoms with Crippen LogP contribution in [0.2, 0.25) is 0 Å². The minimum absolute atomic E-state index is 0.356. The zero-order valence-electron chi connectivity index (χ0n) is 11.3. The van der Waals surface area contributed by atoms with E-state index in [1.165, 1.54) is 19.3 Å². The number of hydrogen-bond donors (Lipinski definition) is 1. The third-order valence-corrected chi connectivity index (χ3v) is 3.91. The van der Waals surface area contributed by atoms with E-state index in [0.29, 0.717) is 28.9 Å². The SMILES string of the molecule is CC1(C)CCCC(c2nc(-c3nn[nH]n3)no2)CC1. The first-order chi connectivity index (χ1) is 9.14. The van der Waals surface area contributed by atoms with Crippen LogP contribution in [0.4, 0.5) is 0 Å². The van der Waals surface area contributed by atoms with Gasteiger partial charge in [-0.25, -0.2) is 0 Å². The number of tetrazole rings is 1. The van der Waals surface area contributed by atoms with E-state index in [9.17, 15) is 0 Å². The zero-order chi connectivity index (χ0) is 13.3. The lowest BCUT2D eigenvalue weighted by molar-refractivity contribution is 0.304. The highest BCUT2D eigenvalue weighted by Crippen LogP contribution is 2.39. The predicted octanol–water partition coefficient (Wildman–Crippen LogP) is 2.32. The molecule has 1 atom stereocenters. The third kappa shape index (κ3) is 2.64. The molecule has 7 nitrogen and oxygen atoms in total. The van der Waals surface area contributed by atoms with E-state index in [1.54, 1.807) is 0 Å². The Morgan fingerprint density at radius 1 is 1.21 bits per heavy atom. The Morgan fingerprint density at radius 3 is 2.89 bits per heavy atom. The lowest BCUT2D eigenvalue weighted by Gasteiger charge is -2.21. The molecule has 0 bridgehead atoms. The van der Waals surface area contributed by atoms with Crippen molar-refractivity contribution < 1.29 is 4.52 Å². The van der Waals surface area contributed by atoms with Crippen LogP contribution >= 0.6 is 0 Å². The van der Waals surface area contributed by atoms with Crippen molar-refractivity contribution in [2.24, 2.45) is 5.41 Å². The van der Waals surface area contributed by atoms with E-state index in [-0.39, 0.29) is 0 Å². The van der Waals surface area contributed by atoms with Crippen LogP contribution in [-0.4, -0.2) is 30.8 Å². The minimum Gasteiger partial charge on any atom is -0.339 e. The fraction of sp³-hybridized carbons (Fsp3) is 0.750. The van der Waals surface area contributed by atoms with Gasteiger partial charge in [-0.2, -0.15) is 10.2 Å². The molecule has 2 heterocycles. The van der Waals surface area contributed by atoms with Crippen LogP contribution in [0.3, 0.4) is 0 Å². The smallest absolute Gasteiger partial charge is 0.245 e. The van der Waals surface area contributed by atoms with Crippen molar-refractivity contribution in [3.05, 3.63) is 5.89 Å². The third-order valence-electron chi connectivity index (χ3n) is 3.91. The predicted molar refractivity (Wildman–Crippen MR) is 67.1 cm³/mol. The molecule has 3 rings (SSSR count). The number of rotatable bonds is 2. The number of nitrogens with one attached hydrogen (secondary N) is 1. The topological polar surface area (TPSA) is 93.4 Å². The molecule has 2 aromatic rings. The highest BCUT2D eigenvalue weighted by Gasteiger charge is 2.28. The van der Waals surface area contributed by atoms with Crippen LogP contribution in [0.25, 0.3) is 11.6 Å². The molecule has 2 aromatic heterocycles. The lowest BCUT2D eigenvalue weighted by atomic mass is 9.85. The van der Waals surface area contributed by atoms with Crippen LogP contribution in [0, 0.1) is 5.41 Å².